The quantitative estimate of drug-likeness (QED) is 0.771. The van der Waals surface area contributed by atoms with Crippen molar-refractivity contribution < 1.29 is 0 Å². The van der Waals surface area contributed by atoms with Crippen LogP contribution in [0.5, 0.6) is 0 Å². The fourth-order valence-corrected chi connectivity index (χ4v) is 2.75. The Labute approximate surface area is 93.8 Å². The molecule has 76 valence electrons. The Morgan fingerprint density at radius 3 is 2.93 bits per heavy atom. The molecule has 0 bridgehead atoms. The first kappa shape index (κ1) is 9.13. The Balaban J connectivity index is 2.04. The number of thiophene rings is 1. The fraction of sp³-hybridized carbons (Fsp3) is 0.231. The van der Waals surface area contributed by atoms with Gasteiger partial charge in [0.15, 0.2) is 0 Å². The summed E-state index contributed by atoms with van der Waals surface area (Å²) in [5, 5.41) is 7.75. The van der Waals surface area contributed by atoms with Gasteiger partial charge in [-0.05, 0) is 58.1 Å². The van der Waals surface area contributed by atoms with Gasteiger partial charge in [0, 0.05) is 6.54 Å². The fourth-order valence-electron chi connectivity index (χ4n) is 2.09. The molecule has 0 unspecified atom stereocenters. The zero-order valence-corrected chi connectivity index (χ0v) is 9.31. The van der Waals surface area contributed by atoms with Crippen LogP contribution in [0.2, 0.25) is 0 Å². The van der Waals surface area contributed by atoms with E-state index in [4.69, 9.17) is 0 Å². The Hall–Kier alpha value is -1.12. The van der Waals surface area contributed by atoms with Crippen LogP contribution in [-0.4, -0.2) is 6.54 Å². The molecular formula is C13H13NS. The highest BCUT2D eigenvalue weighted by atomic mass is 32.1. The highest BCUT2D eigenvalue weighted by Crippen LogP contribution is 2.25. The van der Waals surface area contributed by atoms with E-state index in [9.17, 15) is 0 Å². The van der Waals surface area contributed by atoms with Crippen LogP contribution in [0, 0.1) is 0 Å². The number of nitrogens with one attached hydrogen (secondary N) is 1. The van der Waals surface area contributed by atoms with E-state index in [0.717, 1.165) is 13.1 Å². The molecule has 2 heterocycles. The maximum atomic E-state index is 3.42. The molecule has 1 aromatic carbocycles. The van der Waals surface area contributed by atoms with Crippen LogP contribution in [0.25, 0.3) is 11.1 Å². The molecule has 0 atom stereocenters. The van der Waals surface area contributed by atoms with Crippen molar-refractivity contribution in [2.45, 2.75) is 13.0 Å². The molecule has 0 saturated carbocycles. The highest BCUT2D eigenvalue weighted by Gasteiger charge is 2.09. The Kier molecular flexibility index (Phi) is 2.31. The second-order valence-corrected chi connectivity index (χ2v) is 4.70. The summed E-state index contributed by atoms with van der Waals surface area (Å²) in [4.78, 5) is 0. The van der Waals surface area contributed by atoms with Crippen molar-refractivity contribution in [3.05, 3.63) is 46.2 Å². The molecule has 1 aliphatic rings. The number of fused-ring (bicyclic) bond motifs is 1. The minimum atomic E-state index is 1.02. The van der Waals surface area contributed by atoms with Gasteiger partial charge in [0.1, 0.15) is 0 Å². The van der Waals surface area contributed by atoms with Gasteiger partial charge in [-0.3, -0.25) is 0 Å². The molecule has 0 amide bonds. The van der Waals surface area contributed by atoms with Gasteiger partial charge in [0.25, 0.3) is 0 Å². The van der Waals surface area contributed by atoms with Crippen LogP contribution in [0.1, 0.15) is 11.1 Å². The molecule has 1 aromatic heterocycles. The summed E-state index contributed by atoms with van der Waals surface area (Å²) in [6.07, 6.45) is 1.17. The molecule has 1 nitrogen and oxygen atoms in total. The van der Waals surface area contributed by atoms with Gasteiger partial charge < -0.3 is 5.32 Å². The number of hydrogen-bond donors (Lipinski definition) is 1. The lowest BCUT2D eigenvalue weighted by Gasteiger charge is -2.17. The molecule has 1 N–H and O–H groups in total. The van der Waals surface area contributed by atoms with E-state index in [2.05, 4.69) is 40.3 Å². The van der Waals surface area contributed by atoms with Crippen LogP contribution in [0.15, 0.2) is 35.0 Å². The molecule has 2 heteroatoms. The minimum absolute atomic E-state index is 1.02. The van der Waals surface area contributed by atoms with Gasteiger partial charge in [-0.1, -0.05) is 12.1 Å². The topological polar surface area (TPSA) is 12.0 Å². The average Bonchev–Trinajstić information content (AvgIpc) is 2.82. The standard InChI is InChI=1S/C13H13NS/c1-2-11(12-4-6-15-9-12)7-13-8-14-5-3-10(1)13/h1-2,4,6-7,9,14H,3,5,8H2. The number of rotatable bonds is 1. The summed E-state index contributed by atoms with van der Waals surface area (Å²) < 4.78 is 0. The van der Waals surface area contributed by atoms with Crippen LogP contribution in [-0.2, 0) is 13.0 Å². The summed E-state index contributed by atoms with van der Waals surface area (Å²) in [5.74, 6) is 0. The van der Waals surface area contributed by atoms with E-state index >= 15 is 0 Å². The average molecular weight is 215 g/mol. The normalized spacial score (nSPS) is 14.9. The van der Waals surface area contributed by atoms with Gasteiger partial charge in [0.05, 0.1) is 0 Å². The highest BCUT2D eigenvalue weighted by molar-refractivity contribution is 7.08. The van der Waals surface area contributed by atoms with Crippen LogP contribution < -0.4 is 5.32 Å². The van der Waals surface area contributed by atoms with Gasteiger partial charge in [-0.2, -0.15) is 11.3 Å². The minimum Gasteiger partial charge on any atom is -0.312 e. The third-order valence-corrected chi connectivity index (χ3v) is 3.63. The van der Waals surface area contributed by atoms with Crippen molar-refractivity contribution in [3.8, 4) is 11.1 Å². The van der Waals surface area contributed by atoms with E-state index in [1.807, 2.05) is 0 Å². The summed E-state index contributed by atoms with van der Waals surface area (Å²) in [6, 6.07) is 9.03. The summed E-state index contributed by atoms with van der Waals surface area (Å²) >= 11 is 1.76. The zero-order valence-electron chi connectivity index (χ0n) is 8.49. The van der Waals surface area contributed by atoms with Crippen LogP contribution in [0.3, 0.4) is 0 Å². The zero-order chi connectivity index (χ0) is 10.1. The molecular weight excluding hydrogens is 202 g/mol. The second-order valence-electron chi connectivity index (χ2n) is 3.92. The molecule has 2 aromatic rings. The SMILES string of the molecule is c1cc(-c2ccc3c(c2)CNCC3)cs1. The predicted octanol–water partition coefficient (Wildman–Crippen LogP) is 3.06. The second kappa shape index (κ2) is 3.80. The summed E-state index contributed by atoms with van der Waals surface area (Å²) in [5.41, 5.74) is 5.66. The molecule has 0 fully saturated rings. The first-order valence-corrected chi connectivity index (χ1v) is 6.23. The number of hydrogen-bond acceptors (Lipinski definition) is 2. The third kappa shape index (κ3) is 1.71. The van der Waals surface area contributed by atoms with Crippen molar-refractivity contribution >= 4 is 11.3 Å². The molecule has 15 heavy (non-hydrogen) atoms. The Bertz CT molecular complexity index is 459. The van der Waals surface area contributed by atoms with Gasteiger partial charge >= 0.3 is 0 Å². The Morgan fingerprint density at radius 1 is 1.07 bits per heavy atom. The lowest BCUT2D eigenvalue weighted by molar-refractivity contribution is 0.644. The van der Waals surface area contributed by atoms with E-state index in [1.165, 1.54) is 28.7 Å². The molecule has 0 radical (unpaired) electrons. The van der Waals surface area contributed by atoms with Crippen molar-refractivity contribution in [2.75, 3.05) is 6.54 Å². The van der Waals surface area contributed by atoms with Crippen molar-refractivity contribution in [1.82, 2.24) is 5.32 Å². The largest absolute Gasteiger partial charge is 0.312 e. The summed E-state index contributed by atoms with van der Waals surface area (Å²) in [7, 11) is 0. The predicted molar refractivity (Wildman–Crippen MR) is 65.2 cm³/mol. The molecule has 0 spiro atoms. The molecule has 0 saturated heterocycles. The maximum Gasteiger partial charge on any atom is 0.0208 e. The lowest BCUT2D eigenvalue weighted by Crippen LogP contribution is -2.23. The van der Waals surface area contributed by atoms with E-state index in [-0.39, 0.29) is 0 Å². The van der Waals surface area contributed by atoms with Gasteiger partial charge in [-0.25, -0.2) is 0 Å². The van der Waals surface area contributed by atoms with Crippen molar-refractivity contribution in [3.63, 3.8) is 0 Å². The lowest BCUT2D eigenvalue weighted by atomic mass is 9.97. The third-order valence-electron chi connectivity index (χ3n) is 2.95. The van der Waals surface area contributed by atoms with Crippen LogP contribution in [0.4, 0.5) is 0 Å². The monoisotopic (exact) mass is 215 g/mol. The summed E-state index contributed by atoms with van der Waals surface area (Å²) in [6.45, 7) is 2.14. The molecule has 1 aliphatic heterocycles. The van der Waals surface area contributed by atoms with Crippen molar-refractivity contribution in [1.29, 1.82) is 0 Å². The van der Waals surface area contributed by atoms with Gasteiger partial charge in [-0.15, -0.1) is 0 Å². The molecule has 3 rings (SSSR count). The smallest absolute Gasteiger partial charge is 0.0208 e. The van der Waals surface area contributed by atoms with Crippen LogP contribution >= 0.6 is 11.3 Å². The maximum absolute atomic E-state index is 3.42. The van der Waals surface area contributed by atoms with E-state index < -0.39 is 0 Å². The number of benzene rings is 1. The van der Waals surface area contributed by atoms with Gasteiger partial charge in [0.2, 0.25) is 0 Å². The Morgan fingerprint density at radius 2 is 2.07 bits per heavy atom. The van der Waals surface area contributed by atoms with E-state index in [1.54, 1.807) is 11.3 Å². The van der Waals surface area contributed by atoms with Crippen molar-refractivity contribution in [2.24, 2.45) is 0 Å². The van der Waals surface area contributed by atoms with E-state index in [0.29, 0.717) is 0 Å². The molecule has 0 aliphatic carbocycles. The first-order chi connectivity index (χ1) is 7.43. The first-order valence-electron chi connectivity index (χ1n) is 5.28.